The topological polar surface area (TPSA) is 21.3 Å². The van der Waals surface area contributed by atoms with Crippen molar-refractivity contribution in [1.82, 2.24) is 5.32 Å². The number of hydrogen-bond acceptors (Lipinski definition) is 2. The monoisotopic (exact) mass is 351 g/mol. The first kappa shape index (κ1) is 16.0. The van der Waals surface area contributed by atoms with Gasteiger partial charge in [-0.05, 0) is 42.8 Å². The summed E-state index contributed by atoms with van der Waals surface area (Å²) in [7, 11) is 1.48. The molecule has 4 heteroatoms. The molecule has 0 spiro atoms. The molecule has 0 aliphatic heterocycles. The van der Waals surface area contributed by atoms with Gasteiger partial charge >= 0.3 is 0 Å². The quantitative estimate of drug-likeness (QED) is 0.849. The third-order valence-electron chi connectivity index (χ3n) is 3.48. The van der Waals surface area contributed by atoms with Gasteiger partial charge in [0.15, 0.2) is 11.6 Å². The fourth-order valence-electron chi connectivity index (χ4n) is 2.46. The molecule has 2 nitrogen and oxygen atoms in total. The summed E-state index contributed by atoms with van der Waals surface area (Å²) in [6.45, 7) is 4.79. The van der Waals surface area contributed by atoms with Crippen LogP contribution in [0.5, 0.6) is 5.75 Å². The molecule has 0 aliphatic rings. The summed E-state index contributed by atoms with van der Waals surface area (Å²) in [5.74, 6) is -0.0431. The number of nitrogens with one attached hydrogen (secondary N) is 1. The predicted octanol–water partition coefficient (Wildman–Crippen LogP) is 4.60. The second kappa shape index (κ2) is 7.05. The van der Waals surface area contributed by atoms with E-state index < -0.39 is 0 Å². The molecule has 112 valence electrons. The molecule has 1 N–H and O–H groups in total. The third-order valence-corrected chi connectivity index (χ3v) is 3.97. The molecule has 2 aromatic rings. The van der Waals surface area contributed by atoms with Crippen LogP contribution in [-0.2, 0) is 0 Å². The van der Waals surface area contributed by atoms with E-state index in [4.69, 9.17) is 4.74 Å². The average Bonchev–Trinajstić information content (AvgIpc) is 2.46. The van der Waals surface area contributed by atoms with Gasteiger partial charge in [0.25, 0.3) is 0 Å². The molecule has 0 aromatic heterocycles. The van der Waals surface area contributed by atoms with E-state index in [0.717, 1.165) is 22.1 Å². The summed E-state index contributed by atoms with van der Waals surface area (Å²) >= 11 is 3.46. The highest BCUT2D eigenvalue weighted by Gasteiger charge is 2.20. The Morgan fingerprint density at radius 2 is 2.00 bits per heavy atom. The van der Waals surface area contributed by atoms with Crippen LogP contribution in [0.3, 0.4) is 0 Å². The van der Waals surface area contributed by atoms with Gasteiger partial charge in [0, 0.05) is 10.0 Å². The van der Waals surface area contributed by atoms with Crippen molar-refractivity contribution in [2.45, 2.75) is 19.9 Å². The summed E-state index contributed by atoms with van der Waals surface area (Å²) in [6, 6.07) is 11.1. The number of halogens is 2. The summed E-state index contributed by atoms with van der Waals surface area (Å²) in [5.41, 5.74) is 2.77. The van der Waals surface area contributed by atoms with Crippen LogP contribution < -0.4 is 10.1 Å². The van der Waals surface area contributed by atoms with Crippen molar-refractivity contribution in [2.75, 3.05) is 13.7 Å². The van der Waals surface area contributed by atoms with Crippen LogP contribution in [0.15, 0.2) is 40.9 Å². The first-order chi connectivity index (χ1) is 10.1. The van der Waals surface area contributed by atoms with Crippen LogP contribution in [0.4, 0.5) is 4.39 Å². The van der Waals surface area contributed by atoms with E-state index >= 15 is 0 Å². The maximum Gasteiger partial charge on any atom is 0.170 e. The van der Waals surface area contributed by atoms with E-state index in [9.17, 15) is 4.39 Å². The van der Waals surface area contributed by atoms with Crippen molar-refractivity contribution in [3.63, 3.8) is 0 Å². The van der Waals surface area contributed by atoms with Crippen molar-refractivity contribution in [3.05, 3.63) is 63.4 Å². The molecule has 0 radical (unpaired) electrons. The SMILES string of the molecule is CCNC(c1ccc(Br)cc1C)c1cccc(OC)c1F. The molecule has 0 aliphatic carbocycles. The smallest absolute Gasteiger partial charge is 0.170 e. The van der Waals surface area contributed by atoms with Gasteiger partial charge in [-0.1, -0.05) is 41.1 Å². The minimum absolute atomic E-state index is 0.196. The lowest BCUT2D eigenvalue weighted by atomic mass is 9.94. The minimum Gasteiger partial charge on any atom is -0.494 e. The van der Waals surface area contributed by atoms with Crippen LogP contribution in [0, 0.1) is 12.7 Å². The van der Waals surface area contributed by atoms with Crippen LogP contribution in [-0.4, -0.2) is 13.7 Å². The zero-order chi connectivity index (χ0) is 15.4. The van der Waals surface area contributed by atoms with E-state index in [1.54, 1.807) is 12.1 Å². The normalized spacial score (nSPS) is 12.2. The van der Waals surface area contributed by atoms with E-state index in [0.29, 0.717) is 5.56 Å². The molecule has 0 fully saturated rings. The lowest BCUT2D eigenvalue weighted by Crippen LogP contribution is -2.24. The number of methoxy groups -OCH3 is 1. The zero-order valence-corrected chi connectivity index (χ0v) is 14.0. The highest BCUT2D eigenvalue weighted by molar-refractivity contribution is 9.10. The van der Waals surface area contributed by atoms with Gasteiger partial charge in [0.05, 0.1) is 13.2 Å². The molecule has 0 heterocycles. The van der Waals surface area contributed by atoms with Gasteiger partial charge < -0.3 is 10.1 Å². The Bertz CT molecular complexity index is 630. The Hall–Kier alpha value is -1.39. The van der Waals surface area contributed by atoms with Gasteiger partial charge in [-0.3, -0.25) is 0 Å². The van der Waals surface area contributed by atoms with Crippen LogP contribution in [0.2, 0.25) is 0 Å². The van der Waals surface area contributed by atoms with Gasteiger partial charge in [0.2, 0.25) is 0 Å². The zero-order valence-electron chi connectivity index (χ0n) is 12.4. The van der Waals surface area contributed by atoms with Crippen molar-refractivity contribution in [1.29, 1.82) is 0 Å². The molecule has 0 saturated carbocycles. The van der Waals surface area contributed by atoms with Crippen molar-refractivity contribution < 1.29 is 9.13 Å². The second-order valence-electron chi connectivity index (χ2n) is 4.86. The largest absolute Gasteiger partial charge is 0.494 e. The average molecular weight is 352 g/mol. The maximum atomic E-state index is 14.6. The Balaban J connectivity index is 2.53. The van der Waals surface area contributed by atoms with Crippen molar-refractivity contribution >= 4 is 15.9 Å². The summed E-state index contributed by atoms with van der Waals surface area (Å²) in [6.07, 6.45) is 0. The van der Waals surface area contributed by atoms with Crippen LogP contribution in [0.1, 0.15) is 29.7 Å². The van der Waals surface area contributed by atoms with Gasteiger partial charge in [-0.25, -0.2) is 4.39 Å². The Labute approximate surface area is 133 Å². The van der Waals surface area contributed by atoms with E-state index in [1.165, 1.54) is 7.11 Å². The van der Waals surface area contributed by atoms with E-state index in [1.807, 2.05) is 38.1 Å². The predicted molar refractivity (Wildman–Crippen MR) is 87.4 cm³/mol. The molecule has 0 amide bonds. The van der Waals surface area contributed by atoms with Crippen molar-refractivity contribution in [2.24, 2.45) is 0 Å². The van der Waals surface area contributed by atoms with Gasteiger partial charge in [-0.2, -0.15) is 0 Å². The Morgan fingerprint density at radius 3 is 2.62 bits per heavy atom. The van der Waals surface area contributed by atoms with Gasteiger partial charge in [-0.15, -0.1) is 0 Å². The fraction of sp³-hybridized carbons (Fsp3) is 0.294. The molecule has 1 unspecified atom stereocenters. The molecular formula is C17H19BrFNO. The summed E-state index contributed by atoms with van der Waals surface area (Å²) in [4.78, 5) is 0. The first-order valence-electron chi connectivity index (χ1n) is 6.90. The lowest BCUT2D eigenvalue weighted by molar-refractivity contribution is 0.381. The van der Waals surface area contributed by atoms with Crippen LogP contribution >= 0.6 is 15.9 Å². The minimum atomic E-state index is -0.312. The molecule has 0 saturated heterocycles. The Morgan fingerprint density at radius 1 is 1.24 bits per heavy atom. The first-order valence-corrected chi connectivity index (χ1v) is 7.69. The highest BCUT2D eigenvalue weighted by Crippen LogP contribution is 2.31. The van der Waals surface area contributed by atoms with Crippen molar-refractivity contribution in [3.8, 4) is 5.75 Å². The number of aryl methyl sites for hydroxylation is 1. The highest BCUT2D eigenvalue weighted by atomic mass is 79.9. The number of ether oxygens (including phenoxy) is 1. The number of hydrogen-bond donors (Lipinski definition) is 1. The molecule has 21 heavy (non-hydrogen) atoms. The molecular weight excluding hydrogens is 333 g/mol. The maximum absolute atomic E-state index is 14.6. The molecule has 2 rings (SSSR count). The Kier molecular flexibility index (Phi) is 5.37. The van der Waals surface area contributed by atoms with Gasteiger partial charge in [0.1, 0.15) is 0 Å². The van der Waals surface area contributed by atoms with E-state index in [-0.39, 0.29) is 17.6 Å². The third kappa shape index (κ3) is 3.44. The molecule has 0 bridgehead atoms. The second-order valence-corrected chi connectivity index (χ2v) is 5.77. The fourth-order valence-corrected chi connectivity index (χ4v) is 2.94. The number of rotatable bonds is 5. The summed E-state index contributed by atoms with van der Waals surface area (Å²) in [5, 5.41) is 3.36. The lowest BCUT2D eigenvalue weighted by Gasteiger charge is -2.22. The molecule has 2 aromatic carbocycles. The van der Waals surface area contributed by atoms with Crippen LogP contribution in [0.25, 0.3) is 0 Å². The van der Waals surface area contributed by atoms with E-state index in [2.05, 4.69) is 21.2 Å². The molecule has 1 atom stereocenters. The number of benzene rings is 2. The summed E-state index contributed by atoms with van der Waals surface area (Å²) < 4.78 is 20.7. The standard InChI is InChI=1S/C17H19BrFNO/c1-4-20-17(13-9-8-12(18)10-11(13)2)14-6-5-7-15(21-3)16(14)19/h5-10,17,20H,4H2,1-3H3.